The molecule has 1 amide bonds. The van der Waals surface area contributed by atoms with Crippen molar-refractivity contribution >= 4 is 17.9 Å². The molecule has 0 aliphatic heterocycles. The largest absolute Gasteiger partial charge is 0.312 e. The van der Waals surface area contributed by atoms with E-state index in [2.05, 4.69) is 10.4 Å². The van der Waals surface area contributed by atoms with Crippen molar-refractivity contribution in [3.8, 4) is 5.69 Å². The number of carbonyl (C=O) groups excluding carboxylic acids is 1. The first-order chi connectivity index (χ1) is 8.20. The number of aromatic nitrogens is 2. The predicted molar refractivity (Wildman–Crippen MR) is 59.9 cm³/mol. The number of nitro groups is 1. The summed E-state index contributed by atoms with van der Waals surface area (Å²) in [5, 5.41) is 16.9. The molecule has 0 aliphatic carbocycles. The third-order valence-electron chi connectivity index (χ3n) is 2.12. The van der Waals surface area contributed by atoms with E-state index in [1.807, 2.05) is 0 Å². The van der Waals surface area contributed by atoms with Crippen molar-refractivity contribution in [1.82, 2.24) is 9.78 Å². The van der Waals surface area contributed by atoms with Gasteiger partial charge in [0, 0.05) is 24.4 Å². The Hall–Kier alpha value is -2.70. The van der Waals surface area contributed by atoms with Crippen molar-refractivity contribution in [3.05, 3.63) is 46.6 Å². The minimum atomic E-state index is -0.466. The van der Waals surface area contributed by atoms with E-state index in [0.29, 0.717) is 17.9 Å². The van der Waals surface area contributed by atoms with Crippen LogP contribution in [0.2, 0.25) is 0 Å². The molecule has 0 radical (unpaired) electrons. The zero-order valence-corrected chi connectivity index (χ0v) is 8.61. The van der Waals surface area contributed by atoms with Crippen LogP contribution in [0.1, 0.15) is 0 Å². The highest BCUT2D eigenvalue weighted by Gasteiger charge is 2.05. The first-order valence-corrected chi connectivity index (χ1v) is 4.71. The Morgan fingerprint density at radius 1 is 1.29 bits per heavy atom. The van der Waals surface area contributed by atoms with E-state index in [4.69, 9.17) is 0 Å². The van der Waals surface area contributed by atoms with Crippen LogP contribution in [0.25, 0.3) is 5.69 Å². The lowest BCUT2D eigenvalue weighted by Crippen LogP contribution is -1.98. The van der Waals surface area contributed by atoms with Crippen LogP contribution in [0.3, 0.4) is 0 Å². The maximum atomic E-state index is 10.5. The van der Waals surface area contributed by atoms with Crippen LogP contribution in [0.5, 0.6) is 0 Å². The van der Waals surface area contributed by atoms with Crippen molar-refractivity contribution in [2.24, 2.45) is 0 Å². The van der Waals surface area contributed by atoms with Crippen molar-refractivity contribution in [2.75, 3.05) is 5.32 Å². The van der Waals surface area contributed by atoms with Gasteiger partial charge < -0.3 is 5.32 Å². The zero-order chi connectivity index (χ0) is 12.3. The third-order valence-corrected chi connectivity index (χ3v) is 2.12. The van der Waals surface area contributed by atoms with E-state index in [1.165, 1.54) is 16.8 Å². The average Bonchev–Trinajstić information content (AvgIpc) is 2.78. The Bertz CT molecular complexity index is 547. The summed E-state index contributed by atoms with van der Waals surface area (Å²) >= 11 is 0. The number of hydrogen-bond acceptors (Lipinski definition) is 4. The average molecular weight is 232 g/mol. The van der Waals surface area contributed by atoms with Crippen LogP contribution in [-0.2, 0) is 4.79 Å². The van der Waals surface area contributed by atoms with Gasteiger partial charge >= 0.3 is 0 Å². The highest BCUT2D eigenvalue weighted by molar-refractivity contribution is 5.68. The monoisotopic (exact) mass is 232 g/mol. The lowest BCUT2D eigenvalue weighted by molar-refractivity contribution is -0.384. The molecule has 0 saturated heterocycles. The van der Waals surface area contributed by atoms with Gasteiger partial charge in [-0.1, -0.05) is 0 Å². The molecule has 0 atom stereocenters. The van der Waals surface area contributed by atoms with Crippen molar-refractivity contribution in [2.45, 2.75) is 0 Å². The molecular weight excluding hydrogens is 224 g/mol. The second-order valence-corrected chi connectivity index (χ2v) is 3.18. The Morgan fingerprint density at radius 3 is 2.59 bits per heavy atom. The van der Waals surface area contributed by atoms with Gasteiger partial charge in [0.05, 0.1) is 10.6 Å². The first-order valence-electron chi connectivity index (χ1n) is 4.71. The molecule has 7 heteroatoms. The van der Waals surface area contributed by atoms with E-state index in [9.17, 15) is 14.9 Å². The van der Waals surface area contributed by atoms with Crippen LogP contribution in [0.4, 0.5) is 11.5 Å². The van der Waals surface area contributed by atoms with Crippen LogP contribution < -0.4 is 5.32 Å². The number of carbonyl (C=O) groups is 1. The Kier molecular flexibility index (Phi) is 2.82. The molecule has 0 bridgehead atoms. The SMILES string of the molecule is O=CNc1ccn(-c2ccc([N+](=O)[O-])cc2)n1. The van der Waals surface area contributed by atoms with E-state index < -0.39 is 4.92 Å². The van der Waals surface area contributed by atoms with E-state index in [0.717, 1.165) is 0 Å². The highest BCUT2D eigenvalue weighted by Crippen LogP contribution is 2.15. The zero-order valence-electron chi connectivity index (χ0n) is 8.61. The standard InChI is InChI=1S/C10H8N4O3/c15-7-11-10-5-6-13(12-10)8-1-3-9(4-2-8)14(16)17/h1-7H,(H,11,12,15). The van der Waals surface area contributed by atoms with Gasteiger partial charge in [0.1, 0.15) is 0 Å². The van der Waals surface area contributed by atoms with E-state index in [1.54, 1.807) is 24.4 Å². The van der Waals surface area contributed by atoms with Crippen molar-refractivity contribution < 1.29 is 9.72 Å². The van der Waals surface area contributed by atoms with E-state index >= 15 is 0 Å². The van der Waals surface area contributed by atoms with E-state index in [-0.39, 0.29) is 5.69 Å². The number of nitrogens with one attached hydrogen (secondary N) is 1. The normalized spacial score (nSPS) is 9.88. The number of rotatable bonds is 4. The minimum Gasteiger partial charge on any atom is -0.312 e. The maximum Gasteiger partial charge on any atom is 0.269 e. The minimum absolute atomic E-state index is 0.0205. The van der Waals surface area contributed by atoms with Gasteiger partial charge in [0.2, 0.25) is 6.41 Å². The molecule has 1 heterocycles. The number of non-ortho nitro benzene ring substituents is 1. The van der Waals surface area contributed by atoms with Gasteiger partial charge in [-0.3, -0.25) is 14.9 Å². The third kappa shape index (κ3) is 2.28. The lowest BCUT2D eigenvalue weighted by atomic mass is 10.3. The molecule has 86 valence electrons. The molecule has 0 spiro atoms. The van der Waals surface area contributed by atoms with Gasteiger partial charge in [0.25, 0.3) is 5.69 Å². The molecule has 17 heavy (non-hydrogen) atoms. The molecule has 2 rings (SSSR count). The summed E-state index contributed by atoms with van der Waals surface area (Å²) in [5.41, 5.74) is 0.696. The number of benzene rings is 1. The van der Waals surface area contributed by atoms with Crippen LogP contribution in [0.15, 0.2) is 36.5 Å². The molecule has 1 N–H and O–H groups in total. The fourth-order valence-corrected chi connectivity index (χ4v) is 1.33. The second kappa shape index (κ2) is 4.44. The van der Waals surface area contributed by atoms with Gasteiger partial charge in [-0.15, -0.1) is 0 Å². The van der Waals surface area contributed by atoms with Gasteiger partial charge in [0.15, 0.2) is 5.82 Å². The highest BCUT2D eigenvalue weighted by atomic mass is 16.6. The lowest BCUT2D eigenvalue weighted by Gasteiger charge is -2.00. The summed E-state index contributed by atoms with van der Waals surface area (Å²) in [6, 6.07) is 7.56. The molecule has 1 aromatic heterocycles. The molecule has 0 unspecified atom stereocenters. The summed E-state index contributed by atoms with van der Waals surface area (Å²) in [4.78, 5) is 20.2. The summed E-state index contributed by atoms with van der Waals surface area (Å²) in [6.45, 7) is 0. The predicted octanol–water partition coefficient (Wildman–Crippen LogP) is 1.35. The first kappa shape index (κ1) is 10.8. The Labute approximate surface area is 95.8 Å². The molecule has 0 fully saturated rings. The maximum absolute atomic E-state index is 10.5. The molecule has 0 aliphatic rings. The van der Waals surface area contributed by atoms with Gasteiger partial charge in [-0.05, 0) is 12.1 Å². The van der Waals surface area contributed by atoms with Crippen LogP contribution in [-0.4, -0.2) is 21.1 Å². The van der Waals surface area contributed by atoms with Gasteiger partial charge in [-0.2, -0.15) is 5.10 Å². The van der Waals surface area contributed by atoms with Crippen LogP contribution >= 0.6 is 0 Å². The fourth-order valence-electron chi connectivity index (χ4n) is 1.33. The quantitative estimate of drug-likeness (QED) is 0.489. The number of amides is 1. The Balaban J connectivity index is 2.26. The van der Waals surface area contributed by atoms with Gasteiger partial charge in [-0.25, -0.2) is 4.68 Å². The molecule has 7 nitrogen and oxygen atoms in total. The summed E-state index contributed by atoms with van der Waals surface area (Å²) in [6.07, 6.45) is 2.18. The number of hydrogen-bond donors (Lipinski definition) is 1. The summed E-state index contributed by atoms with van der Waals surface area (Å²) in [5.74, 6) is 0.415. The topological polar surface area (TPSA) is 90.1 Å². The fraction of sp³-hybridized carbons (Fsp3) is 0. The summed E-state index contributed by atoms with van der Waals surface area (Å²) in [7, 11) is 0. The number of anilines is 1. The van der Waals surface area contributed by atoms with Crippen molar-refractivity contribution in [3.63, 3.8) is 0 Å². The molecule has 2 aromatic rings. The summed E-state index contributed by atoms with van der Waals surface area (Å²) < 4.78 is 1.51. The Morgan fingerprint density at radius 2 is 2.00 bits per heavy atom. The van der Waals surface area contributed by atoms with Crippen molar-refractivity contribution in [1.29, 1.82) is 0 Å². The molecular formula is C10H8N4O3. The number of nitrogens with zero attached hydrogens (tertiary/aromatic N) is 3. The number of nitro benzene ring substituents is 1. The molecule has 1 aromatic carbocycles. The van der Waals surface area contributed by atoms with Crippen LogP contribution in [0, 0.1) is 10.1 Å². The smallest absolute Gasteiger partial charge is 0.269 e. The second-order valence-electron chi connectivity index (χ2n) is 3.18. The molecule has 0 saturated carbocycles.